The number of amides is 4. The Kier molecular flexibility index (Phi) is 3.68. The van der Waals surface area contributed by atoms with E-state index in [0.717, 1.165) is 0 Å². The molecule has 0 radical (unpaired) electrons. The number of carbonyl (C=O) groups excluding carboxylic acids is 2. The molecule has 0 aromatic heterocycles. The second-order valence-corrected chi connectivity index (χ2v) is 3.46. The molecule has 8 nitrogen and oxygen atoms in total. The highest BCUT2D eigenvalue weighted by Crippen LogP contribution is 2.31. The van der Waals surface area contributed by atoms with Crippen molar-refractivity contribution in [1.29, 1.82) is 0 Å². The summed E-state index contributed by atoms with van der Waals surface area (Å²) >= 11 is 0. The number of primary amides is 1. The van der Waals surface area contributed by atoms with Gasteiger partial charge in [-0.15, -0.1) is 0 Å². The maximum atomic E-state index is 10.4. The number of nitrogens with one attached hydrogen (secondary N) is 2. The molecular weight excluding hydrogens is 189 g/mol. The first-order valence-electron chi connectivity index (χ1n) is 2.70. The van der Waals surface area contributed by atoms with Crippen molar-refractivity contribution in [1.82, 2.24) is 10.6 Å². The van der Waals surface area contributed by atoms with Gasteiger partial charge >= 0.3 is 19.7 Å². The monoisotopic (exact) mass is 197 g/mol. The predicted molar refractivity (Wildman–Crippen MR) is 38.2 cm³/mol. The maximum Gasteiger partial charge on any atom is 0.344 e. The van der Waals surface area contributed by atoms with Crippen LogP contribution in [0.3, 0.4) is 0 Å². The van der Waals surface area contributed by atoms with Crippen molar-refractivity contribution in [3.8, 4) is 0 Å². The van der Waals surface area contributed by atoms with Crippen molar-refractivity contribution in [2.45, 2.75) is 0 Å². The summed E-state index contributed by atoms with van der Waals surface area (Å²) in [5.74, 6) is 0. The number of imide groups is 1. The van der Waals surface area contributed by atoms with Crippen LogP contribution in [0.15, 0.2) is 0 Å². The molecule has 0 aliphatic rings. The Morgan fingerprint density at radius 3 is 2.25 bits per heavy atom. The minimum absolute atomic E-state index is 0.841. The quantitative estimate of drug-likeness (QED) is 0.342. The largest absolute Gasteiger partial charge is 0.351 e. The maximum absolute atomic E-state index is 10.4. The average molecular weight is 197 g/mol. The van der Waals surface area contributed by atoms with Crippen molar-refractivity contribution in [2.75, 3.05) is 6.29 Å². The molecule has 0 rings (SSSR count). The van der Waals surface area contributed by atoms with Gasteiger partial charge in [0.15, 0.2) is 0 Å². The molecule has 4 amide bonds. The molecule has 12 heavy (non-hydrogen) atoms. The molecule has 70 valence electrons. The first-order chi connectivity index (χ1) is 5.31. The Bertz CT molecular complexity index is 234. The predicted octanol–water partition coefficient (Wildman–Crippen LogP) is -1.50. The zero-order valence-corrected chi connectivity index (χ0v) is 6.75. The Morgan fingerprint density at radius 1 is 1.42 bits per heavy atom. The third-order valence-electron chi connectivity index (χ3n) is 0.682. The fraction of sp³-hybridized carbons (Fsp3) is 0.333. The molecule has 0 aromatic carbocycles. The molecule has 0 saturated carbocycles. The lowest BCUT2D eigenvalue weighted by Gasteiger charge is -2.05. The number of nitrogens with two attached hydrogens (primary N) is 1. The van der Waals surface area contributed by atoms with E-state index in [1.54, 1.807) is 10.6 Å². The minimum atomic E-state index is -4.29. The number of hydrogen-bond acceptors (Lipinski definition) is 3. The van der Waals surface area contributed by atoms with E-state index >= 15 is 0 Å². The van der Waals surface area contributed by atoms with Crippen molar-refractivity contribution in [3.05, 3.63) is 0 Å². The van der Waals surface area contributed by atoms with Crippen molar-refractivity contribution >= 4 is 19.7 Å². The third-order valence-corrected chi connectivity index (χ3v) is 1.25. The van der Waals surface area contributed by atoms with Gasteiger partial charge in [-0.1, -0.05) is 0 Å². The van der Waals surface area contributed by atoms with Crippen LogP contribution in [0.25, 0.3) is 0 Å². The van der Waals surface area contributed by atoms with E-state index in [9.17, 15) is 14.2 Å². The van der Waals surface area contributed by atoms with E-state index in [2.05, 4.69) is 5.73 Å². The Hall–Kier alpha value is -1.11. The minimum Gasteiger partial charge on any atom is -0.351 e. The van der Waals surface area contributed by atoms with Gasteiger partial charge in [0.1, 0.15) is 6.29 Å². The van der Waals surface area contributed by atoms with E-state index in [4.69, 9.17) is 9.79 Å². The van der Waals surface area contributed by atoms with Crippen molar-refractivity contribution in [2.24, 2.45) is 5.73 Å². The van der Waals surface area contributed by atoms with Gasteiger partial charge in [-0.3, -0.25) is 9.88 Å². The third kappa shape index (κ3) is 7.00. The normalized spacial score (nSPS) is 10.5. The Labute approximate surface area is 67.3 Å². The highest BCUT2D eigenvalue weighted by molar-refractivity contribution is 7.51. The zero-order valence-electron chi connectivity index (χ0n) is 5.85. The standard InChI is InChI=1S/C3H8N3O5P/c4-2(7)6-3(8)5-1-12(9,10)11/h1H2,(H2,9,10,11)(H4,4,5,6,7,8). The first-order valence-corrected chi connectivity index (χ1v) is 4.50. The SMILES string of the molecule is NC(=O)NC(=O)NCP(=O)(O)O. The van der Waals surface area contributed by atoms with Crippen LogP contribution < -0.4 is 16.4 Å². The van der Waals surface area contributed by atoms with Crippen LogP contribution in [0.2, 0.25) is 0 Å². The van der Waals surface area contributed by atoms with Gasteiger partial charge in [-0.25, -0.2) is 9.59 Å². The van der Waals surface area contributed by atoms with Gasteiger partial charge in [-0.05, 0) is 0 Å². The summed E-state index contributed by atoms with van der Waals surface area (Å²) in [7, 11) is -4.29. The molecule has 0 heterocycles. The molecule has 0 aliphatic heterocycles. The van der Waals surface area contributed by atoms with Crippen LogP contribution in [0.4, 0.5) is 9.59 Å². The highest BCUT2D eigenvalue weighted by atomic mass is 31.2. The molecule has 6 N–H and O–H groups in total. The Balaban J connectivity index is 3.73. The summed E-state index contributed by atoms with van der Waals surface area (Å²) in [5.41, 5.74) is 4.53. The van der Waals surface area contributed by atoms with Crippen LogP contribution in [-0.4, -0.2) is 28.1 Å². The second-order valence-electron chi connectivity index (χ2n) is 1.82. The lowest BCUT2D eigenvalue weighted by atomic mass is 10.9. The van der Waals surface area contributed by atoms with Crippen LogP contribution in [0.5, 0.6) is 0 Å². The van der Waals surface area contributed by atoms with Gasteiger partial charge in [0, 0.05) is 0 Å². The van der Waals surface area contributed by atoms with E-state index in [1.165, 1.54) is 0 Å². The van der Waals surface area contributed by atoms with E-state index < -0.39 is 25.9 Å². The van der Waals surface area contributed by atoms with Crippen LogP contribution in [-0.2, 0) is 4.57 Å². The summed E-state index contributed by atoms with van der Waals surface area (Å²) in [6.45, 7) is 0. The summed E-state index contributed by atoms with van der Waals surface area (Å²) in [6.07, 6.45) is -0.841. The molecule has 9 heteroatoms. The molecule has 0 atom stereocenters. The Morgan fingerprint density at radius 2 is 1.92 bits per heavy atom. The molecular formula is C3H8N3O5P. The molecule has 0 saturated heterocycles. The molecule has 0 unspecified atom stereocenters. The molecule has 0 aliphatic carbocycles. The van der Waals surface area contributed by atoms with Gasteiger partial charge in [0.2, 0.25) is 0 Å². The number of urea groups is 2. The number of hydrogen-bond donors (Lipinski definition) is 5. The van der Waals surface area contributed by atoms with Gasteiger partial charge < -0.3 is 20.8 Å². The topological polar surface area (TPSA) is 142 Å². The second kappa shape index (κ2) is 4.05. The van der Waals surface area contributed by atoms with Crippen molar-refractivity contribution < 1.29 is 23.9 Å². The van der Waals surface area contributed by atoms with E-state index in [-0.39, 0.29) is 0 Å². The van der Waals surface area contributed by atoms with Gasteiger partial charge in [0.05, 0.1) is 0 Å². The van der Waals surface area contributed by atoms with Crippen LogP contribution >= 0.6 is 7.60 Å². The van der Waals surface area contributed by atoms with Crippen LogP contribution in [0.1, 0.15) is 0 Å². The molecule has 0 bridgehead atoms. The van der Waals surface area contributed by atoms with Gasteiger partial charge in [-0.2, -0.15) is 0 Å². The van der Waals surface area contributed by atoms with Crippen molar-refractivity contribution in [3.63, 3.8) is 0 Å². The van der Waals surface area contributed by atoms with Gasteiger partial charge in [0.25, 0.3) is 0 Å². The fourth-order valence-electron chi connectivity index (χ4n) is 0.331. The summed E-state index contributed by atoms with van der Waals surface area (Å²) in [5, 5.41) is 3.30. The summed E-state index contributed by atoms with van der Waals surface area (Å²) in [4.78, 5) is 36.9. The molecule has 0 aromatic rings. The zero-order chi connectivity index (χ0) is 9.78. The average Bonchev–Trinajstić information content (AvgIpc) is 1.80. The van der Waals surface area contributed by atoms with Crippen LogP contribution in [0, 0.1) is 0 Å². The number of rotatable bonds is 2. The summed E-state index contributed by atoms with van der Waals surface area (Å²) in [6, 6.07) is -2.15. The molecule has 0 spiro atoms. The number of carbonyl (C=O) groups is 2. The van der Waals surface area contributed by atoms with E-state index in [0.29, 0.717) is 0 Å². The first kappa shape index (κ1) is 10.9. The van der Waals surface area contributed by atoms with E-state index in [1.807, 2.05) is 0 Å². The molecule has 0 fully saturated rings. The lowest BCUT2D eigenvalue weighted by molar-refractivity contribution is 0.231. The lowest BCUT2D eigenvalue weighted by Crippen LogP contribution is -2.42. The fourth-order valence-corrected chi connectivity index (χ4v) is 0.680. The highest BCUT2D eigenvalue weighted by Gasteiger charge is 2.14. The summed E-state index contributed by atoms with van der Waals surface area (Å²) < 4.78 is 10.2. The smallest absolute Gasteiger partial charge is 0.344 e.